The van der Waals surface area contributed by atoms with E-state index >= 15 is 0 Å². The zero-order valence-corrected chi connectivity index (χ0v) is 19.2. The predicted molar refractivity (Wildman–Crippen MR) is 124 cm³/mol. The standard InChI is InChI=1S/C23H28ClN3O3S/c1-31(29,30)26-20-15-18(9-10-19(20)24)23(11-12-23)22(28)25-21(16-27-13-5-6-14-27)17-7-3-2-4-8-17/h2-4,7-10,15,21,26H,5-6,11-14,16H2,1H3,(H,25,28). The van der Waals surface area contributed by atoms with E-state index in [9.17, 15) is 13.2 Å². The molecule has 31 heavy (non-hydrogen) atoms. The third kappa shape index (κ3) is 5.22. The predicted octanol–water partition coefficient (Wildman–Crippen LogP) is 3.70. The number of carbonyl (C=O) groups excluding carboxylic acids is 1. The quantitative estimate of drug-likeness (QED) is 0.628. The molecule has 0 radical (unpaired) electrons. The van der Waals surface area contributed by atoms with Gasteiger partial charge in [0.25, 0.3) is 0 Å². The average molecular weight is 462 g/mol. The smallest absolute Gasteiger partial charge is 0.231 e. The summed E-state index contributed by atoms with van der Waals surface area (Å²) in [5.41, 5.74) is 1.54. The number of likely N-dealkylation sites (tertiary alicyclic amines) is 1. The van der Waals surface area contributed by atoms with Gasteiger partial charge in [-0.3, -0.25) is 9.52 Å². The summed E-state index contributed by atoms with van der Waals surface area (Å²) >= 11 is 6.18. The highest BCUT2D eigenvalue weighted by Gasteiger charge is 2.52. The summed E-state index contributed by atoms with van der Waals surface area (Å²) in [7, 11) is -3.47. The van der Waals surface area contributed by atoms with E-state index in [4.69, 9.17) is 11.6 Å². The summed E-state index contributed by atoms with van der Waals surface area (Å²) in [6.07, 6.45) is 4.92. The molecule has 166 valence electrons. The van der Waals surface area contributed by atoms with Gasteiger partial charge in [-0.2, -0.15) is 0 Å². The van der Waals surface area contributed by atoms with Gasteiger partial charge in [0.2, 0.25) is 15.9 Å². The highest BCUT2D eigenvalue weighted by atomic mass is 35.5. The lowest BCUT2D eigenvalue weighted by molar-refractivity contribution is -0.124. The van der Waals surface area contributed by atoms with Gasteiger partial charge in [0.15, 0.2) is 0 Å². The Kier molecular flexibility index (Phi) is 6.28. The van der Waals surface area contributed by atoms with Gasteiger partial charge < -0.3 is 10.2 Å². The molecule has 0 aromatic heterocycles. The van der Waals surface area contributed by atoms with E-state index in [1.54, 1.807) is 12.1 Å². The van der Waals surface area contributed by atoms with Crippen LogP contribution in [0.1, 0.15) is 42.9 Å². The normalized spacial score (nSPS) is 19.0. The second-order valence-electron chi connectivity index (χ2n) is 8.60. The number of anilines is 1. The fraction of sp³-hybridized carbons (Fsp3) is 0.435. The SMILES string of the molecule is CS(=O)(=O)Nc1cc(C2(C(=O)NC(CN3CCCC3)c3ccccc3)CC2)ccc1Cl. The number of amides is 1. The maximum atomic E-state index is 13.5. The van der Waals surface area contributed by atoms with Gasteiger partial charge in [-0.15, -0.1) is 0 Å². The summed E-state index contributed by atoms with van der Waals surface area (Å²) in [6.45, 7) is 2.90. The Bertz CT molecular complexity index is 1050. The van der Waals surface area contributed by atoms with E-state index in [1.807, 2.05) is 24.3 Å². The Morgan fingerprint density at radius 1 is 1.13 bits per heavy atom. The number of hydrogen-bond acceptors (Lipinski definition) is 4. The van der Waals surface area contributed by atoms with Crippen LogP contribution >= 0.6 is 11.6 Å². The Morgan fingerprint density at radius 3 is 2.42 bits per heavy atom. The van der Waals surface area contributed by atoms with Gasteiger partial charge in [-0.05, 0) is 62.0 Å². The van der Waals surface area contributed by atoms with Crippen molar-refractivity contribution in [2.75, 3.05) is 30.6 Å². The fourth-order valence-corrected chi connectivity index (χ4v) is 5.10. The maximum absolute atomic E-state index is 13.5. The van der Waals surface area contributed by atoms with E-state index in [0.29, 0.717) is 10.7 Å². The van der Waals surface area contributed by atoms with Gasteiger partial charge in [0, 0.05) is 6.54 Å². The van der Waals surface area contributed by atoms with Crippen molar-refractivity contribution < 1.29 is 13.2 Å². The number of nitrogens with one attached hydrogen (secondary N) is 2. The van der Waals surface area contributed by atoms with E-state index in [1.165, 1.54) is 12.8 Å². The molecule has 1 unspecified atom stereocenters. The Balaban J connectivity index is 1.56. The zero-order chi connectivity index (χ0) is 22.1. The van der Waals surface area contributed by atoms with Crippen molar-refractivity contribution in [3.8, 4) is 0 Å². The first-order valence-corrected chi connectivity index (χ1v) is 12.9. The maximum Gasteiger partial charge on any atom is 0.231 e. The second kappa shape index (κ2) is 8.81. The molecule has 2 N–H and O–H groups in total. The van der Waals surface area contributed by atoms with Gasteiger partial charge in [-0.1, -0.05) is 48.0 Å². The molecule has 2 fully saturated rings. The molecule has 2 aromatic carbocycles. The van der Waals surface area contributed by atoms with Gasteiger partial charge in [0.05, 0.1) is 28.4 Å². The van der Waals surface area contributed by atoms with Crippen LogP contribution in [-0.4, -0.2) is 45.1 Å². The summed E-state index contributed by atoms with van der Waals surface area (Å²) in [5, 5.41) is 3.60. The first-order chi connectivity index (χ1) is 14.8. The minimum absolute atomic E-state index is 0.0202. The van der Waals surface area contributed by atoms with E-state index < -0.39 is 15.4 Å². The molecule has 2 aliphatic rings. The molecule has 0 bridgehead atoms. The molecular weight excluding hydrogens is 434 g/mol. The molecule has 1 saturated heterocycles. The van der Waals surface area contributed by atoms with Crippen LogP contribution in [0.3, 0.4) is 0 Å². The average Bonchev–Trinajstić information content (AvgIpc) is 3.39. The van der Waals surface area contributed by atoms with Crippen LogP contribution in [0, 0.1) is 0 Å². The van der Waals surface area contributed by atoms with Crippen molar-refractivity contribution >= 4 is 33.2 Å². The number of halogens is 1. The molecule has 1 heterocycles. The molecule has 4 rings (SSSR count). The number of hydrogen-bond donors (Lipinski definition) is 2. The molecule has 1 aliphatic heterocycles. The molecule has 2 aromatic rings. The molecule has 1 atom stereocenters. The summed E-state index contributed by atoms with van der Waals surface area (Å²) in [5.74, 6) is -0.0202. The first kappa shape index (κ1) is 22.1. The Labute approximate surface area is 189 Å². The molecule has 1 amide bonds. The molecular formula is C23H28ClN3O3S. The van der Waals surface area contributed by atoms with Crippen LogP contribution in [0.5, 0.6) is 0 Å². The molecule has 6 nitrogen and oxygen atoms in total. The molecule has 8 heteroatoms. The number of nitrogens with zero attached hydrogens (tertiary/aromatic N) is 1. The van der Waals surface area contributed by atoms with Crippen LogP contribution in [-0.2, 0) is 20.2 Å². The molecule has 0 spiro atoms. The number of rotatable bonds is 8. The monoisotopic (exact) mass is 461 g/mol. The third-order valence-electron chi connectivity index (χ3n) is 6.15. The summed E-state index contributed by atoms with van der Waals surface area (Å²) in [6, 6.07) is 15.1. The van der Waals surface area contributed by atoms with Crippen molar-refractivity contribution in [1.82, 2.24) is 10.2 Å². The van der Waals surface area contributed by atoms with Gasteiger partial charge in [-0.25, -0.2) is 8.42 Å². The van der Waals surface area contributed by atoms with Gasteiger partial charge >= 0.3 is 0 Å². The van der Waals surface area contributed by atoms with Crippen molar-refractivity contribution in [3.05, 3.63) is 64.7 Å². The largest absolute Gasteiger partial charge is 0.347 e. The van der Waals surface area contributed by atoms with Crippen molar-refractivity contribution in [3.63, 3.8) is 0 Å². The van der Waals surface area contributed by atoms with E-state index in [-0.39, 0.29) is 11.9 Å². The topological polar surface area (TPSA) is 78.5 Å². The number of benzene rings is 2. The van der Waals surface area contributed by atoms with Crippen LogP contribution in [0.4, 0.5) is 5.69 Å². The second-order valence-corrected chi connectivity index (χ2v) is 10.8. The first-order valence-electron chi connectivity index (χ1n) is 10.6. The summed E-state index contributed by atoms with van der Waals surface area (Å²) < 4.78 is 25.8. The Hall–Kier alpha value is -2.09. The zero-order valence-electron chi connectivity index (χ0n) is 17.6. The van der Waals surface area contributed by atoms with Crippen LogP contribution in [0.15, 0.2) is 48.5 Å². The molecule has 1 aliphatic carbocycles. The van der Waals surface area contributed by atoms with Crippen LogP contribution < -0.4 is 10.0 Å². The highest BCUT2D eigenvalue weighted by molar-refractivity contribution is 7.92. The van der Waals surface area contributed by atoms with Crippen molar-refractivity contribution in [2.24, 2.45) is 0 Å². The number of carbonyl (C=O) groups is 1. The lowest BCUT2D eigenvalue weighted by Crippen LogP contribution is -2.41. The minimum atomic E-state index is -3.47. The van der Waals surface area contributed by atoms with E-state index in [0.717, 1.165) is 49.9 Å². The van der Waals surface area contributed by atoms with Gasteiger partial charge in [0.1, 0.15) is 0 Å². The van der Waals surface area contributed by atoms with Crippen LogP contribution in [0.25, 0.3) is 0 Å². The lowest BCUT2D eigenvalue weighted by atomic mass is 9.93. The van der Waals surface area contributed by atoms with E-state index in [2.05, 4.69) is 27.1 Å². The van der Waals surface area contributed by atoms with Crippen molar-refractivity contribution in [2.45, 2.75) is 37.1 Å². The highest BCUT2D eigenvalue weighted by Crippen LogP contribution is 2.50. The summed E-state index contributed by atoms with van der Waals surface area (Å²) in [4.78, 5) is 15.9. The van der Waals surface area contributed by atoms with Crippen molar-refractivity contribution in [1.29, 1.82) is 0 Å². The molecule has 1 saturated carbocycles. The lowest BCUT2D eigenvalue weighted by Gasteiger charge is -2.27. The third-order valence-corrected chi connectivity index (χ3v) is 7.07. The van der Waals surface area contributed by atoms with Crippen LogP contribution in [0.2, 0.25) is 5.02 Å². The fourth-order valence-electron chi connectivity index (χ4n) is 4.31. The minimum Gasteiger partial charge on any atom is -0.347 e. The number of sulfonamides is 1. The Morgan fingerprint density at radius 2 is 1.81 bits per heavy atom.